The number of rotatable bonds is 2. The maximum atomic E-state index is 3.84. The smallest absolute Gasteiger partial charge is 0.0277 e. The van der Waals surface area contributed by atoms with Crippen molar-refractivity contribution < 1.29 is 0 Å². The van der Waals surface area contributed by atoms with Gasteiger partial charge >= 0.3 is 0 Å². The Labute approximate surface area is 67.1 Å². The molecule has 0 bridgehead atoms. The molecule has 1 rings (SSSR count). The van der Waals surface area contributed by atoms with E-state index in [-0.39, 0.29) is 0 Å². The van der Waals surface area contributed by atoms with Gasteiger partial charge in [-0.2, -0.15) is 0 Å². The average molecular weight is 145 g/mol. The van der Waals surface area contributed by atoms with Crippen molar-refractivity contribution in [2.45, 2.75) is 0 Å². The van der Waals surface area contributed by atoms with Gasteiger partial charge in [0.25, 0.3) is 0 Å². The summed E-state index contributed by atoms with van der Waals surface area (Å²) >= 11 is 0. The lowest BCUT2D eigenvalue weighted by Gasteiger charge is -1.87. The van der Waals surface area contributed by atoms with E-state index in [4.69, 9.17) is 0 Å². The van der Waals surface area contributed by atoms with Crippen molar-refractivity contribution >= 4 is 12.3 Å². The summed E-state index contributed by atoms with van der Waals surface area (Å²) in [6, 6.07) is 10.1. The molecule has 0 amide bonds. The molecule has 0 saturated heterocycles. The molecule has 0 aromatic heterocycles. The van der Waals surface area contributed by atoms with Crippen LogP contribution in [0, 0.1) is 0 Å². The van der Waals surface area contributed by atoms with E-state index in [0.29, 0.717) is 0 Å². The molecule has 0 fully saturated rings. The lowest BCUT2D eigenvalue weighted by molar-refractivity contribution is 1.48. The zero-order valence-corrected chi connectivity index (χ0v) is 6.57. The van der Waals surface area contributed by atoms with E-state index in [0.717, 1.165) is 0 Å². The van der Waals surface area contributed by atoms with E-state index >= 15 is 0 Å². The highest BCUT2D eigenvalue weighted by molar-refractivity contribution is 5.77. The molecule has 1 nitrogen and oxygen atoms in total. The van der Waals surface area contributed by atoms with Gasteiger partial charge in [-0.1, -0.05) is 36.4 Å². The number of aliphatic imine (C=N–C) groups is 1. The summed E-state index contributed by atoms with van der Waals surface area (Å²) in [7, 11) is 1.76. The van der Waals surface area contributed by atoms with Crippen molar-refractivity contribution in [1.82, 2.24) is 0 Å². The molecule has 0 spiro atoms. The third-order valence-corrected chi connectivity index (χ3v) is 1.32. The van der Waals surface area contributed by atoms with Crippen LogP contribution < -0.4 is 0 Å². The second-order valence-corrected chi connectivity index (χ2v) is 2.18. The van der Waals surface area contributed by atoms with Crippen molar-refractivity contribution in [2.24, 2.45) is 4.99 Å². The minimum atomic E-state index is 1.20. The van der Waals surface area contributed by atoms with Crippen LogP contribution in [-0.4, -0.2) is 13.3 Å². The first kappa shape index (κ1) is 7.73. The molecule has 0 heterocycles. The van der Waals surface area contributed by atoms with Crippen LogP contribution in [0.2, 0.25) is 0 Å². The highest BCUT2D eigenvalue weighted by Crippen LogP contribution is 1.99. The molecule has 0 unspecified atom stereocenters. The van der Waals surface area contributed by atoms with Crippen molar-refractivity contribution in [3.63, 3.8) is 0 Å². The van der Waals surface area contributed by atoms with Gasteiger partial charge in [0.05, 0.1) is 0 Å². The summed E-state index contributed by atoms with van der Waals surface area (Å²) in [5.74, 6) is 0. The first-order valence-electron chi connectivity index (χ1n) is 3.57. The molecule has 0 radical (unpaired) electrons. The topological polar surface area (TPSA) is 12.4 Å². The summed E-state index contributed by atoms with van der Waals surface area (Å²) in [4.78, 5) is 3.84. The molecule has 0 aliphatic carbocycles. The molecule has 11 heavy (non-hydrogen) atoms. The van der Waals surface area contributed by atoms with Gasteiger partial charge < -0.3 is 0 Å². The third-order valence-electron chi connectivity index (χ3n) is 1.32. The van der Waals surface area contributed by atoms with Gasteiger partial charge in [0, 0.05) is 13.3 Å². The summed E-state index contributed by atoms with van der Waals surface area (Å²) in [5, 5.41) is 0. The predicted molar refractivity (Wildman–Crippen MR) is 49.9 cm³/mol. The fourth-order valence-electron chi connectivity index (χ4n) is 0.804. The molecule has 0 saturated carbocycles. The third kappa shape index (κ3) is 2.80. The van der Waals surface area contributed by atoms with Crippen LogP contribution in [0.1, 0.15) is 5.56 Å². The van der Waals surface area contributed by atoms with Crippen molar-refractivity contribution in [3.8, 4) is 0 Å². The normalized spacial score (nSPS) is 11.4. The second-order valence-electron chi connectivity index (χ2n) is 2.18. The lowest BCUT2D eigenvalue weighted by Crippen LogP contribution is -1.68. The van der Waals surface area contributed by atoms with Gasteiger partial charge in [0.1, 0.15) is 0 Å². The minimum Gasteiger partial charge on any atom is -0.297 e. The number of hydrogen-bond acceptors (Lipinski definition) is 1. The van der Waals surface area contributed by atoms with E-state index in [1.165, 1.54) is 5.56 Å². The second kappa shape index (κ2) is 4.45. The highest BCUT2D eigenvalue weighted by Gasteiger charge is 1.78. The predicted octanol–water partition coefficient (Wildman–Crippen LogP) is 2.40. The summed E-state index contributed by atoms with van der Waals surface area (Å²) < 4.78 is 0. The lowest BCUT2D eigenvalue weighted by atomic mass is 10.2. The van der Waals surface area contributed by atoms with Gasteiger partial charge in [0.15, 0.2) is 0 Å². The number of hydrogen-bond donors (Lipinski definition) is 0. The van der Waals surface area contributed by atoms with Gasteiger partial charge in [0.2, 0.25) is 0 Å². The zero-order valence-electron chi connectivity index (χ0n) is 6.57. The van der Waals surface area contributed by atoms with Crippen LogP contribution in [0.5, 0.6) is 0 Å². The van der Waals surface area contributed by atoms with Crippen LogP contribution in [0.4, 0.5) is 0 Å². The molecule has 0 N–H and O–H groups in total. The van der Waals surface area contributed by atoms with Crippen molar-refractivity contribution in [1.29, 1.82) is 0 Å². The Kier molecular flexibility index (Phi) is 3.13. The summed E-state index contributed by atoms with van der Waals surface area (Å²) in [5.41, 5.74) is 1.20. The molecule has 1 aromatic rings. The number of benzene rings is 1. The minimum absolute atomic E-state index is 1.20. The van der Waals surface area contributed by atoms with Gasteiger partial charge in [-0.05, 0) is 11.6 Å². The fraction of sp³-hybridized carbons (Fsp3) is 0.100. The molecule has 0 aliphatic heterocycles. The van der Waals surface area contributed by atoms with Gasteiger partial charge in [-0.15, -0.1) is 0 Å². The molecule has 1 heteroatoms. The Morgan fingerprint density at radius 1 is 1.18 bits per heavy atom. The van der Waals surface area contributed by atoms with E-state index in [9.17, 15) is 0 Å². The molecule has 56 valence electrons. The Morgan fingerprint density at radius 2 is 1.91 bits per heavy atom. The van der Waals surface area contributed by atoms with Crippen LogP contribution in [-0.2, 0) is 0 Å². The monoisotopic (exact) mass is 145 g/mol. The van der Waals surface area contributed by atoms with E-state index in [1.54, 1.807) is 13.3 Å². The molecule has 0 atom stereocenters. The quantitative estimate of drug-likeness (QED) is 0.567. The van der Waals surface area contributed by atoms with E-state index < -0.39 is 0 Å². The van der Waals surface area contributed by atoms with E-state index in [2.05, 4.69) is 17.1 Å². The van der Waals surface area contributed by atoms with Crippen molar-refractivity contribution in [2.75, 3.05) is 7.05 Å². The standard InChI is InChI=1S/C10H11N/c1-11-9-5-8-10-6-3-2-4-7-10/h2-9H,1H3/b8-5+,11-9+. The van der Waals surface area contributed by atoms with Crippen LogP contribution in [0.25, 0.3) is 6.08 Å². The Balaban J connectivity index is 2.64. The SMILES string of the molecule is C/N=C/C=C/c1ccccc1. The van der Waals surface area contributed by atoms with Gasteiger partial charge in [-0.3, -0.25) is 4.99 Å². The molecule has 1 aromatic carbocycles. The Bertz CT molecular complexity index is 247. The first-order chi connectivity index (χ1) is 5.43. The van der Waals surface area contributed by atoms with E-state index in [1.807, 2.05) is 30.4 Å². The van der Waals surface area contributed by atoms with Crippen LogP contribution in [0.15, 0.2) is 41.4 Å². The maximum absolute atomic E-state index is 3.84. The number of nitrogens with zero attached hydrogens (tertiary/aromatic N) is 1. The highest BCUT2D eigenvalue weighted by atomic mass is 14.6. The zero-order chi connectivity index (χ0) is 7.94. The maximum Gasteiger partial charge on any atom is 0.0277 e. The largest absolute Gasteiger partial charge is 0.297 e. The Morgan fingerprint density at radius 3 is 2.55 bits per heavy atom. The molecule has 0 aliphatic rings. The van der Waals surface area contributed by atoms with Crippen LogP contribution in [0.3, 0.4) is 0 Å². The first-order valence-corrected chi connectivity index (χ1v) is 3.57. The van der Waals surface area contributed by atoms with Crippen LogP contribution >= 0.6 is 0 Å². The molecular formula is C10H11N. The molecular weight excluding hydrogens is 134 g/mol. The average Bonchev–Trinajstić information content (AvgIpc) is 2.07. The number of allylic oxidation sites excluding steroid dienone is 1. The summed E-state index contributed by atoms with van der Waals surface area (Å²) in [6.07, 6.45) is 5.72. The van der Waals surface area contributed by atoms with Gasteiger partial charge in [-0.25, -0.2) is 0 Å². The fourth-order valence-corrected chi connectivity index (χ4v) is 0.804. The van der Waals surface area contributed by atoms with Crippen molar-refractivity contribution in [3.05, 3.63) is 42.0 Å². The summed E-state index contributed by atoms with van der Waals surface area (Å²) in [6.45, 7) is 0. The Hall–Kier alpha value is -1.37.